The number of benzene rings is 1. The van der Waals surface area contributed by atoms with Crippen molar-refractivity contribution in [2.75, 3.05) is 6.54 Å². The molecule has 2 aromatic heterocycles. The van der Waals surface area contributed by atoms with E-state index >= 15 is 0 Å². The van der Waals surface area contributed by atoms with Crippen molar-refractivity contribution in [2.24, 2.45) is 5.73 Å². The summed E-state index contributed by atoms with van der Waals surface area (Å²) in [5.74, 6) is -0.0471. The lowest BCUT2D eigenvalue weighted by molar-refractivity contribution is -0.133. The average molecular weight is 307 g/mol. The van der Waals surface area contributed by atoms with Gasteiger partial charge in [-0.15, -0.1) is 0 Å². The van der Waals surface area contributed by atoms with E-state index in [0.29, 0.717) is 13.1 Å². The molecule has 0 aliphatic carbocycles. The Morgan fingerprint density at radius 3 is 2.91 bits per heavy atom. The molecule has 0 radical (unpaired) electrons. The number of fused-ring (bicyclic) bond motifs is 3. The van der Waals surface area contributed by atoms with Gasteiger partial charge in [-0.25, -0.2) is 4.98 Å². The van der Waals surface area contributed by atoms with Gasteiger partial charge in [-0.3, -0.25) is 9.89 Å². The number of carbonyl (C=O) groups is 1. The maximum atomic E-state index is 12.7. The normalized spacial score (nSPS) is 15.4. The van der Waals surface area contributed by atoms with E-state index in [-0.39, 0.29) is 5.91 Å². The number of rotatable bonds is 2. The largest absolute Gasteiger partial charge is 0.336 e. The van der Waals surface area contributed by atoms with E-state index in [1.54, 1.807) is 6.20 Å². The number of hydrogen-bond acceptors (Lipinski definition) is 4. The van der Waals surface area contributed by atoms with Crippen LogP contribution in [0.25, 0.3) is 11.0 Å². The number of carbonyl (C=O) groups excluding carboxylic acids is 1. The topological polar surface area (TPSA) is 87.9 Å². The molecule has 3 heterocycles. The van der Waals surface area contributed by atoms with Crippen LogP contribution in [-0.2, 0) is 17.8 Å². The molecule has 0 spiro atoms. The molecule has 23 heavy (non-hydrogen) atoms. The van der Waals surface area contributed by atoms with Gasteiger partial charge in [0.1, 0.15) is 6.04 Å². The third kappa shape index (κ3) is 2.37. The lowest BCUT2D eigenvalue weighted by Gasteiger charge is -2.31. The molecular formula is C17H17N5O. The summed E-state index contributed by atoms with van der Waals surface area (Å²) in [7, 11) is 0. The van der Waals surface area contributed by atoms with Crippen molar-refractivity contribution in [1.29, 1.82) is 0 Å². The molecular weight excluding hydrogens is 290 g/mol. The van der Waals surface area contributed by atoms with Crippen molar-refractivity contribution in [3.8, 4) is 0 Å². The van der Waals surface area contributed by atoms with Crippen molar-refractivity contribution < 1.29 is 4.79 Å². The van der Waals surface area contributed by atoms with Gasteiger partial charge in [0.15, 0.2) is 5.65 Å². The summed E-state index contributed by atoms with van der Waals surface area (Å²) in [6.45, 7) is 1.21. The average Bonchev–Trinajstić information content (AvgIpc) is 3.10. The van der Waals surface area contributed by atoms with Crippen LogP contribution >= 0.6 is 0 Å². The first-order valence-electron chi connectivity index (χ1n) is 7.63. The number of aromatic nitrogens is 3. The number of H-pyrrole nitrogens is 1. The van der Waals surface area contributed by atoms with Gasteiger partial charge < -0.3 is 10.6 Å². The monoisotopic (exact) mass is 307 g/mol. The first kappa shape index (κ1) is 13.9. The number of nitrogens with two attached hydrogens (primary N) is 1. The maximum Gasteiger partial charge on any atom is 0.244 e. The Kier molecular flexibility index (Phi) is 3.31. The smallest absolute Gasteiger partial charge is 0.244 e. The standard InChI is InChI=1S/C17H17N5O/c18-15(11-4-2-1-3-5-11)17(23)22-7-6-13-12(10-22)8-19-16-14(13)9-20-21-16/h1-5,8-9,15H,6-7,10,18H2,(H,19,20,21). The summed E-state index contributed by atoms with van der Waals surface area (Å²) in [6, 6.07) is 8.86. The SMILES string of the molecule is NC(C(=O)N1CCc2c(cnc3[nH]ncc23)C1)c1ccccc1. The molecule has 1 amide bonds. The first-order chi connectivity index (χ1) is 11.2. The fourth-order valence-corrected chi connectivity index (χ4v) is 3.14. The summed E-state index contributed by atoms with van der Waals surface area (Å²) in [5.41, 5.74) is 10.1. The van der Waals surface area contributed by atoms with Gasteiger partial charge in [-0.05, 0) is 23.1 Å². The summed E-state index contributed by atoms with van der Waals surface area (Å²) < 4.78 is 0. The van der Waals surface area contributed by atoms with Gasteiger partial charge in [0.05, 0.1) is 6.20 Å². The molecule has 1 aliphatic heterocycles. The van der Waals surface area contributed by atoms with Crippen LogP contribution in [0.1, 0.15) is 22.7 Å². The maximum absolute atomic E-state index is 12.7. The van der Waals surface area contributed by atoms with Gasteiger partial charge in [0, 0.05) is 24.7 Å². The highest BCUT2D eigenvalue weighted by Crippen LogP contribution is 2.26. The number of hydrogen-bond donors (Lipinski definition) is 2. The van der Waals surface area contributed by atoms with E-state index < -0.39 is 6.04 Å². The van der Waals surface area contributed by atoms with Crippen LogP contribution < -0.4 is 5.73 Å². The molecule has 3 aromatic rings. The molecule has 1 aromatic carbocycles. The quantitative estimate of drug-likeness (QED) is 0.752. The van der Waals surface area contributed by atoms with Crippen molar-refractivity contribution in [1.82, 2.24) is 20.1 Å². The molecule has 0 saturated heterocycles. The van der Waals surface area contributed by atoms with Crippen LogP contribution in [0, 0.1) is 0 Å². The fraction of sp³-hybridized carbons (Fsp3) is 0.235. The van der Waals surface area contributed by atoms with Crippen molar-refractivity contribution >= 4 is 16.9 Å². The minimum Gasteiger partial charge on any atom is -0.336 e. The highest BCUT2D eigenvalue weighted by molar-refractivity contribution is 5.84. The van der Waals surface area contributed by atoms with E-state index in [1.165, 1.54) is 5.56 Å². The van der Waals surface area contributed by atoms with Gasteiger partial charge >= 0.3 is 0 Å². The van der Waals surface area contributed by atoms with Crippen molar-refractivity contribution in [3.63, 3.8) is 0 Å². The zero-order valence-corrected chi connectivity index (χ0v) is 12.6. The number of nitrogens with one attached hydrogen (secondary N) is 1. The highest BCUT2D eigenvalue weighted by Gasteiger charge is 2.27. The predicted molar refractivity (Wildman–Crippen MR) is 86.4 cm³/mol. The Hall–Kier alpha value is -2.73. The van der Waals surface area contributed by atoms with Crippen LogP contribution in [0.4, 0.5) is 0 Å². The molecule has 1 atom stereocenters. The lowest BCUT2D eigenvalue weighted by atomic mass is 9.98. The minimum absolute atomic E-state index is 0.0471. The molecule has 1 unspecified atom stereocenters. The van der Waals surface area contributed by atoms with Gasteiger partial charge in [-0.2, -0.15) is 5.10 Å². The Morgan fingerprint density at radius 2 is 2.09 bits per heavy atom. The predicted octanol–water partition coefficient (Wildman–Crippen LogP) is 1.54. The van der Waals surface area contributed by atoms with E-state index in [0.717, 1.165) is 28.6 Å². The first-order valence-corrected chi connectivity index (χ1v) is 7.63. The number of amides is 1. The molecule has 4 rings (SSSR count). The highest BCUT2D eigenvalue weighted by atomic mass is 16.2. The zero-order chi connectivity index (χ0) is 15.8. The summed E-state index contributed by atoms with van der Waals surface area (Å²) in [6.07, 6.45) is 4.42. The van der Waals surface area contributed by atoms with Gasteiger partial charge in [0.25, 0.3) is 0 Å². The van der Waals surface area contributed by atoms with E-state index in [1.807, 2.05) is 41.4 Å². The lowest BCUT2D eigenvalue weighted by Crippen LogP contribution is -2.41. The summed E-state index contributed by atoms with van der Waals surface area (Å²) in [5, 5.41) is 7.97. The molecule has 6 heteroatoms. The fourth-order valence-electron chi connectivity index (χ4n) is 3.14. The molecule has 0 bridgehead atoms. The summed E-state index contributed by atoms with van der Waals surface area (Å²) in [4.78, 5) is 18.9. The second-order valence-corrected chi connectivity index (χ2v) is 5.79. The Morgan fingerprint density at radius 1 is 1.26 bits per heavy atom. The molecule has 116 valence electrons. The minimum atomic E-state index is -0.622. The zero-order valence-electron chi connectivity index (χ0n) is 12.6. The molecule has 1 aliphatic rings. The third-order valence-electron chi connectivity index (χ3n) is 4.41. The van der Waals surface area contributed by atoms with E-state index in [9.17, 15) is 4.79 Å². The molecule has 6 nitrogen and oxygen atoms in total. The molecule has 3 N–H and O–H groups in total. The van der Waals surface area contributed by atoms with Crippen molar-refractivity contribution in [2.45, 2.75) is 19.0 Å². The Balaban J connectivity index is 1.59. The van der Waals surface area contributed by atoms with Gasteiger partial charge in [-0.1, -0.05) is 30.3 Å². The van der Waals surface area contributed by atoms with Crippen LogP contribution in [-0.4, -0.2) is 32.5 Å². The number of aromatic amines is 1. The van der Waals surface area contributed by atoms with Crippen LogP contribution in [0.2, 0.25) is 0 Å². The van der Waals surface area contributed by atoms with Crippen LogP contribution in [0.5, 0.6) is 0 Å². The van der Waals surface area contributed by atoms with E-state index in [4.69, 9.17) is 5.73 Å². The second kappa shape index (κ2) is 5.48. The number of nitrogens with zero attached hydrogens (tertiary/aromatic N) is 3. The van der Waals surface area contributed by atoms with Crippen LogP contribution in [0.15, 0.2) is 42.7 Å². The van der Waals surface area contributed by atoms with E-state index in [2.05, 4.69) is 15.2 Å². The summed E-state index contributed by atoms with van der Waals surface area (Å²) >= 11 is 0. The van der Waals surface area contributed by atoms with Gasteiger partial charge in [0.2, 0.25) is 5.91 Å². The third-order valence-corrected chi connectivity index (χ3v) is 4.41. The number of pyridine rings is 1. The molecule has 0 saturated carbocycles. The Bertz CT molecular complexity index is 858. The molecule has 0 fully saturated rings. The van der Waals surface area contributed by atoms with Crippen molar-refractivity contribution in [3.05, 3.63) is 59.4 Å². The van der Waals surface area contributed by atoms with Crippen LogP contribution in [0.3, 0.4) is 0 Å². The second-order valence-electron chi connectivity index (χ2n) is 5.79. The Labute approximate surface area is 133 Å².